The Hall–Kier alpha value is -4.12. The molecule has 0 saturated carbocycles. The lowest BCUT2D eigenvalue weighted by atomic mass is 9.94. The van der Waals surface area contributed by atoms with Crippen LogP contribution in [0.3, 0.4) is 0 Å². The number of amides is 2. The third-order valence-electron chi connectivity index (χ3n) is 5.91. The topological polar surface area (TPSA) is 174 Å². The van der Waals surface area contributed by atoms with Crippen molar-refractivity contribution in [1.29, 1.82) is 5.26 Å². The number of hydrogen-bond acceptors (Lipinski definition) is 8. The minimum atomic E-state index is -3.74. The molecule has 1 saturated heterocycles. The van der Waals surface area contributed by atoms with Gasteiger partial charge < -0.3 is 16.4 Å². The molecular weight excluding hydrogens is 484 g/mol. The van der Waals surface area contributed by atoms with Gasteiger partial charge in [-0.05, 0) is 47.7 Å². The highest BCUT2D eigenvalue weighted by molar-refractivity contribution is 7.86. The zero-order valence-electron chi connectivity index (χ0n) is 19.8. The number of nitriles is 1. The zero-order valence-corrected chi connectivity index (χ0v) is 20.6. The molecule has 3 aromatic rings. The fraction of sp³-hybridized carbons (Fsp3) is 0.261. The number of nitrogens with one attached hydrogen (secondary N) is 2. The van der Waals surface area contributed by atoms with Crippen LogP contribution in [0, 0.1) is 18.3 Å². The molecule has 1 aromatic carbocycles. The minimum Gasteiger partial charge on any atom is -0.398 e. The molecule has 0 atom stereocenters. The normalized spacial score (nSPS) is 15.2. The summed E-state index contributed by atoms with van der Waals surface area (Å²) >= 11 is 0. The van der Waals surface area contributed by atoms with Gasteiger partial charge in [0.2, 0.25) is 0 Å². The summed E-state index contributed by atoms with van der Waals surface area (Å²) in [5, 5.41) is 15.6. The van der Waals surface area contributed by atoms with Crippen LogP contribution in [-0.2, 0) is 19.8 Å². The standard InChI is InChI=1S/C23H24N8O4S/c1-14-4-5-26-9-17(14)15-6-16-8-20(27-10-18(16)19(25)7-15)28-21(32)22(33)29-23(11-24)12-31(13-23)36(34,35)30(2)3/h4-10H,12-13,25H2,1-3H3,(H,29,33)(H,27,28,32). The summed E-state index contributed by atoms with van der Waals surface area (Å²) < 4.78 is 26.4. The Morgan fingerprint density at radius 2 is 1.92 bits per heavy atom. The van der Waals surface area contributed by atoms with Crippen LogP contribution >= 0.6 is 0 Å². The van der Waals surface area contributed by atoms with E-state index in [0.29, 0.717) is 16.5 Å². The van der Waals surface area contributed by atoms with Crippen LogP contribution in [0.1, 0.15) is 5.56 Å². The fourth-order valence-corrected chi connectivity index (χ4v) is 5.08. The number of fused-ring (bicyclic) bond motifs is 1. The second kappa shape index (κ2) is 9.15. The van der Waals surface area contributed by atoms with E-state index in [-0.39, 0.29) is 18.9 Å². The quantitative estimate of drug-likeness (QED) is 0.332. The molecule has 4 N–H and O–H groups in total. The molecule has 13 heteroatoms. The predicted molar refractivity (Wildman–Crippen MR) is 133 cm³/mol. The summed E-state index contributed by atoms with van der Waals surface area (Å²) in [5.41, 5.74) is 7.97. The van der Waals surface area contributed by atoms with E-state index in [0.717, 1.165) is 25.3 Å². The molecule has 1 aliphatic heterocycles. The van der Waals surface area contributed by atoms with Gasteiger partial charge in [-0.15, -0.1) is 0 Å². The Morgan fingerprint density at radius 1 is 1.19 bits per heavy atom. The first-order valence-electron chi connectivity index (χ1n) is 10.8. The molecule has 3 heterocycles. The van der Waals surface area contributed by atoms with E-state index in [1.165, 1.54) is 20.3 Å². The van der Waals surface area contributed by atoms with Gasteiger partial charge in [-0.3, -0.25) is 14.6 Å². The van der Waals surface area contributed by atoms with Gasteiger partial charge in [0.15, 0.2) is 5.54 Å². The number of hydrogen-bond donors (Lipinski definition) is 3. The lowest BCUT2D eigenvalue weighted by molar-refractivity contribution is -0.137. The summed E-state index contributed by atoms with van der Waals surface area (Å²) in [4.78, 5) is 33.3. The van der Waals surface area contributed by atoms with Crippen LogP contribution in [0.25, 0.3) is 21.9 Å². The molecule has 186 valence electrons. The van der Waals surface area contributed by atoms with E-state index >= 15 is 0 Å². The van der Waals surface area contributed by atoms with Crippen molar-refractivity contribution >= 4 is 44.3 Å². The van der Waals surface area contributed by atoms with Gasteiger partial charge in [-0.2, -0.15) is 22.3 Å². The van der Waals surface area contributed by atoms with Gasteiger partial charge in [0.25, 0.3) is 10.2 Å². The molecule has 36 heavy (non-hydrogen) atoms. The Kier molecular flexibility index (Phi) is 6.35. The molecular formula is C23H24N8O4S. The molecule has 0 unspecified atom stereocenters. The van der Waals surface area contributed by atoms with Gasteiger partial charge in [0.1, 0.15) is 5.82 Å². The van der Waals surface area contributed by atoms with Crippen molar-refractivity contribution in [3.05, 3.63) is 48.4 Å². The molecule has 4 rings (SSSR count). The van der Waals surface area contributed by atoms with Crippen molar-refractivity contribution in [2.75, 3.05) is 38.2 Å². The van der Waals surface area contributed by atoms with E-state index in [2.05, 4.69) is 20.6 Å². The first-order valence-corrected chi connectivity index (χ1v) is 12.2. The molecule has 2 aromatic heterocycles. The number of anilines is 2. The number of benzene rings is 1. The van der Waals surface area contributed by atoms with Crippen molar-refractivity contribution in [3.8, 4) is 17.2 Å². The highest BCUT2D eigenvalue weighted by atomic mass is 32.2. The van der Waals surface area contributed by atoms with Gasteiger partial charge in [0.05, 0.1) is 19.2 Å². The van der Waals surface area contributed by atoms with Crippen LogP contribution in [0.2, 0.25) is 0 Å². The van der Waals surface area contributed by atoms with Crippen LogP contribution in [0.15, 0.2) is 42.9 Å². The van der Waals surface area contributed by atoms with Crippen molar-refractivity contribution in [3.63, 3.8) is 0 Å². The van der Waals surface area contributed by atoms with E-state index in [4.69, 9.17) is 5.73 Å². The lowest BCUT2D eigenvalue weighted by Gasteiger charge is -2.45. The number of rotatable bonds is 5. The second-order valence-electron chi connectivity index (χ2n) is 8.71. The highest BCUT2D eigenvalue weighted by Gasteiger charge is 2.51. The summed E-state index contributed by atoms with van der Waals surface area (Å²) in [6.07, 6.45) is 4.93. The summed E-state index contributed by atoms with van der Waals surface area (Å²) in [7, 11) is -1.02. The zero-order chi connectivity index (χ0) is 26.3. The number of aryl methyl sites for hydroxylation is 1. The van der Waals surface area contributed by atoms with Gasteiger partial charge in [-0.1, -0.05) is 0 Å². The molecule has 12 nitrogen and oxygen atoms in total. The Labute approximate surface area is 207 Å². The Bertz CT molecular complexity index is 1520. The largest absolute Gasteiger partial charge is 0.398 e. The number of pyridine rings is 2. The first kappa shape index (κ1) is 25.0. The summed E-state index contributed by atoms with van der Waals surface area (Å²) in [5.74, 6) is -2.02. The summed E-state index contributed by atoms with van der Waals surface area (Å²) in [6, 6.07) is 9.06. The average molecular weight is 509 g/mol. The smallest absolute Gasteiger partial charge is 0.314 e. The van der Waals surface area contributed by atoms with E-state index in [1.807, 2.05) is 31.2 Å². The van der Waals surface area contributed by atoms with Gasteiger partial charge in [-0.25, -0.2) is 4.98 Å². The number of aromatic nitrogens is 2. The predicted octanol–water partition coefficient (Wildman–Crippen LogP) is 0.627. The fourth-order valence-electron chi connectivity index (χ4n) is 3.85. The SMILES string of the molecule is Cc1ccncc1-c1cc(N)c2cnc(NC(=O)C(=O)NC3(C#N)CN(S(=O)(=O)N(C)C)C3)cc2c1. The van der Waals surface area contributed by atoms with Crippen molar-refractivity contribution < 1.29 is 18.0 Å². The number of nitrogens with zero attached hydrogens (tertiary/aromatic N) is 5. The third kappa shape index (κ3) is 4.57. The van der Waals surface area contributed by atoms with Crippen LogP contribution in [-0.4, -0.2) is 71.5 Å². The first-order chi connectivity index (χ1) is 17.0. The van der Waals surface area contributed by atoms with E-state index < -0.39 is 27.6 Å². The maximum atomic E-state index is 12.5. The van der Waals surface area contributed by atoms with Crippen LogP contribution in [0.5, 0.6) is 0 Å². The highest BCUT2D eigenvalue weighted by Crippen LogP contribution is 2.31. The molecule has 0 bridgehead atoms. The molecule has 1 aliphatic rings. The van der Waals surface area contributed by atoms with Crippen molar-refractivity contribution in [2.45, 2.75) is 12.5 Å². The Balaban J connectivity index is 1.50. The third-order valence-corrected chi connectivity index (χ3v) is 7.75. The molecule has 0 radical (unpaired) electrons. The van der Waals surface area contributed by atoms with Crippen LogP contribution < -0.4 is 16.4 Å². The lowest BCUT2D eigenvalue weighted by Crippen LogP contribution is -2.72. The molecule has 1 fully saturated rings. The Morgan fingerprint density at radius 3 is 2.56 bits per heavy atom. The van der Waals surface area contributed by atoms with Gasteiger partial charge >= 0.3 is 11.8 Å². The molecule has 2 amide bonds. The maximum Gasteiger partial charge on any atom is 0.314 e. The number of carbonyl (C=O) groups is 2. The minimum absolute atomic E-state index is 0.110. The summed E-state index contributed by atoms with van der Waals surface area (Å²) in [6.45, 7) is 1.42. The van der Waals surface area contributed by atoms with Gasteiger partial charge in [0, 0.05) is 49.3 Å². The number of carbonyl (C=O) groups excluding carboxylic acids is 2. The average Bonchev–Trinajstić information content (AvgIpc) is 2.80. The van der Waals surface area contributed by atoms with E-state index in [1.54, 1.807) is 18.5 Å². The maximum absolute atomic E-state index is 12.5. The molecule has 0 aliphatic carbocycles. The number of nitrogens with two attached hydrogens (primary N) is 1. The van der Waals surface area contributed by atoms with E-state index in [9.17, 15) is 23.3 Å². The van der Waals surface area contributed by atoms with Crippen LogP contribution in [0.4, 0.5) is 11.5 Å². The van der Waals surface area contributed by atoms with Crippen molar-refractivity contribution in [1.82, 2.24) is 23.9 Å². The van der Waals surface area contributed by atoms with Crippen molar-refractivity contribution in [2.24, 2.45) is 0 Å². The number of nitrogen functional groups attached to an aromatic ring is 1. The second-order valence-corrected chi connectivity index (χ2v) is 10.8. The monoisotopic (exact) mass is 508 g/mol. The molecule has 0 spiro atoms.